The molecule has 0 spiro atoms. The molecule has 0 unspecified atom stereocenters. The van der Waals surface area contributed by atoms with Crippen LogP contribution in [0.25, 0.3) is 0 Å². The summed E-state index contributed by atoms with van der Waals surface area (Å²) < 4.78 is 0. The molecule has 1 amide bonds. The number of nitro groups is 1. The van der Waals surface area contributed by atoms with Crippen molar-refractivity contribution in [3.8, 4) is 0 Å². The number of aromatic nitrogens is 1. The fourth-order valence-corrected chi connectivity index (χ4v) is 1.95. The largest absolute Gasteiger partial charge is 0.370 e. The highest BCUT2D eigenvalue weighted by atomic mass is 16.6. The highest BCUT2D eigenvalue weighted by Crippen LogP contribution is 2.21. The maximum absolute atomic E-state index is 12.6. The van der Waals surface area contributed by atoms with Gasteiger partial charge < -0.3 is 10.2 Å². The third-order valence-electron chi connectivity index (χ3n) is 3.11. The minimum Gasteiger partial charge on any atom is -0.370 e. The second-order valence-electron chi connectivity index (χ2n) is 4.62. The first-order valence-corrected chi connectivity index (χ1v) is 7.22. The Labute approximate surface area is 124 Å². The molecule has 1 N–H and O–H groups in total. The highest BCUT2D eigenvalue weighted by molar-refractivity contribution is 5.99. The van der Waals surface area contributed by atoms with E-state index in [9.17, 15) is 14.9 Å². The van der Waals surface area contributed by atoms with Gasteiger partial charge in [0.1, 0.15) is 12.0 Å². The molecule has 0 aromatic carbocycles. The van der Waals surface area contributed by atoms with E-state index < -0.39 is 4.92 Å². The summed E-state index contributed by atoms with van der Waals surface area (Å²) in [5.41, 5.74) is 0.0792. The molecule has 1 aromatic rings. The molecular formula is C14H22N4O3. The molecule has 7 nitrogen and oxygen atoms in total. The van der Waals surface area contributed by atoms with E-state index in [1.165, 1.54) is 6.07 Å². The van der Waals surface area contributed by atoms with Crippen molar-refractivity contribution in [3.63, 3.8) is 0 Å². The summed E-state index contributed by atoms with van der Waals surface area (Å²) >= 11 is 0. The Balaban J connectivity index is 3.13. The zero-order chi connectivity index (χ0) is 15.8. The number of rotatable bonds is 8. The number of hydrogen-bond donors (Lipinski definition) is 1. The van der Waals surface area contributed by atoms with E-state index in [4.69, 9.17) is 0 Å². The Morgan fingerprint density at radius 3 is 2.67 bits per heavy atom. The lowest BCUT2D eigenvalue weighted by Crippen LogP contribution is -2.32. The minimum atomic E-state index is -0.540. The number of unbranched alkanes of at least 4 members (excludes halogenated alkanes) is 1. The van der Waals surface area contributed by atoms with E-state index in [1.807, 2.05) is 13.8 Å². The second kappa shape index (κ2) is 8.18. The number of nitrogens with one attached hydrogen (secondary N) is 1. The predicted octanol–water partition coefficient (Wildman–Crippen LogP) is 2.68. The lowest BCUT2D eigenvalue weighted by Gasteiger charge is -2.21. The minimum absolute atomic E-state index is 0.174. The third kappa shape index (κ3) is 4.40. The molecule has 7 heteroatoms. The predicted molar refractivity (Wildman–Crippen MR) is 81.5 cm³/mol. The lowest BCUT2D eigenvalue weighted by atomic mass is 10.2. The van der Waals surface area contributed by atoms with Crippen molar-refractivity contribution in [3.05, 3.63) is 27.9 Å². The molecule has 0 saturated carbocycles. The second-order valence-corrected chi connectivity index (χ2v) is 4.62. The van der Waals surface area contributed by atoms with Crippen molar-refractivity contribution in [1.29, 1.82) is 0 Å². The van der Waals surface area contributed by atoms with E-state index in [2.05, 4.69) is 17.2 Å². The number of amides is 1. The van der Waals surface area contributed by atoms with Gasteiger partial charge in [-0.25, -0.2) is 4.98 Å². The van der Waals surface area contributed by atoms with E-state index in [-0.39, 0.29) is 17.2 Å². The molecule has 1 heterocycles. The lowest BCUT2D eigenvalue weighted by molar-refractivity contribution is -0.385. The van der Waals surface area contributed by atoms with Gasteiger partial charge in [-0.05, 0) is 20.3 Å². The Kier molecular flexibility index (Phi) is 6.58. The summed E-state index contributed by atoms with van der Waals surface area (Å²) in [6, 6.07) is 1.29. The topological polar surface area (TPSA) is 88.4 Å². The molecule has 0 aliphatic carbocycles. The molecule has 21 heavy (non-hydrogen) atoms. The van der Waals surface area contributed by atoms with Crippen LogP contribution in [0.3, 0.4) is 0 Å². The zero-order valence-corrected chi connectivity index (χ0v) is 12.8. The molecule has 1 rings (SSSR count). The van der Waals surface area contributed by atoms with E-state index >= 15 is 0 Å². The van der Waals surface area contributed by atoms with Gasteiger partial charge >= 0.3 is 0 Å². The molecule has 0 radical (unpaired) electrons. The quantitative estimate of drug-likeness (QED) is 0.588. The highest BCUT2D eigenvalue weighted by Gasteiger charge is 2.21. The fraction of sp³-hybridized carbons (Fsp3) is 0.571. The SMILES string of the molecule is CCCCN(CC)C(=O)c1cc([N+](=O)[O-])cnc1NCC. The summed E-state index contributed by atoms with van der Waals surface area (Å²) in [7, 11) is 0. The first-order chi connectivity index (χ1) is 10.0. The molecular weight excluding hydrogens is 272 g/mol. The van der Waals surface area contributed by atoms with Crippen LogP contribution >= 0.6 is 0 Å². The molecule has 0 bridgehead atoms. The van der Waals surface area contributed by atoms with Crippen LogP contribution in [0.1, 0.15) is 44.0 Å². The smallest absolute Gasteiger partial charge is 0.288 e. The molecule has 0 aliphatic heterocycles. The normalized spacial score (nSPS) is 10.2. The number of pyridine rings is 1. The summed E-state index contributed by atoms with van der Waals surface area (Å²) in [5.74, 6) is 0.168. The first kappa shape index (κ1) is 16.9. The van der Waals surface area contributed by atoms with Crippen LogP contribution in [-0.2, 0) is 0 Å². The van der Waals surface area contributed by atoms with E-state index in [0.717, 1.165) is 19.0 Å². The molecule has 0 fully saturated rings. The number of carbonyl (C=O) groups excluding carboxylic acids is 1. The maximum Gasteiger partial charge on any atom is 0.288 e. The Hall–Kier alpha value is -2.18. The van der Waals surface area contributed by atoms with E-state index in [0.29, 0.717) is 25.5 Å². The van der Waals surface area contributed by atoms with Gasteiger partial charge in [0, 0.05) is 25.7 Å². The number of anilines is 1. The van der Waals surface area contributed by atoms with Gasteiger partial charge in [0.25, 0.3) is 11.6 Å². The van der Waals surface area contributed by atoms with Gasteiger partial charge in [0.05, 0.1) is 10.5 Å². The monoisotopic (exact) mass is 294 g/mol. The van der Waals surface area contributed by atoms with Crippen LogP contribution in [-0.4, -0.2) is 40.3 Å². The summed E-state index contributed by atoms with van der Waals surface area (Å²) in [6.07, 6.45) is 3.05. The zero-order valence-electron chi connectivity index (χ0n) is 12.8. The Bertz CT molecular complexity index is 505. The molecule has 1 aromatic heterocycles. The maximum atomic E-state index is 12.6. The molecule has 0 saturated heterocycles. The van der Waals surface area contributed by atoms with Crippen LogP contribution in [0.2, 0.25) is 0 Å². The third-order valence-corrected chi connectivity index (χ3v) is 3.11. The summed E-state index contributed by atoms with van der Waals surface area (Å²) in [5, 5.41) is 13.9. The first-order valence-electron chi connectivity index (χ1n) is 7.22. The van der Waals surface area contributed by atoms with Crippen molar-refractivity contribution < 1.29 is 9.72 Å². The summed E-state index contributed by atoms with van der Waals surface area (Å²) in [6.45, 7) is 7.62. The molecule has 0 aliphatic rings. The van der Waals surface area contributed by atoms with Gasteiger partial charge in [-0.2, -0.15) is 0 Å². The Morgan fingerprint density at radius 1 is 1.43 bits per heavy atom. The van der Waals surface area contributed by atoms with Crippen LogP contribution in [0, 0.1) is 10.1 Å². The van der Waals surface area contributed by atoms with Crippen LogP contribution < -0.4 is 5.32 Å². The van der Waals surface area contributed by atoms with Crippen molar-refractivity contribution in [1.82, 2.24) is 9.88 Å². The number of hydrogen-bond acceptors (Lipinski definition) is 5. The average molecular weight is 294 g/mol. The summed E-state index contributed by atoms with van der Waals surface area (Å²) in [4.78, 5) is 28.6. The van der Waals surface area contributed by atoms with Crippen molar-refractivity contribution in [2.75, 3.05) is 25.0 Å². The Morgan fingerprint density at radius 2 is 2.14 bits per heavy atom. The van der Waals surface area contributed by atoms with Gasteiger partial charge in [-0.15, -0.1) is 0 Å². The van der Waals surface area contributed by atoms with Gasteiger partial charge in [0.2, 0.25) is 0 Å². The van der Waals surface area contributed by atoms with Crippen molar-refractivity contribution in [2.24, 2.45) is 0 Å². The number of nitrogens with zero attached hydrogens (tertiary/aromatic N) is 3. The van der Waals surface area contributed by atoms with Gasteiger partial charge in [-0.1, -0.05) is 13.3 Å². The average Bonchev–Trinajstić information content (AvgIpc) is 2.48. The van der Waals surface area contributed by atoms with Crippen LogP contribution in [0.4, 0.5) is 11.5 Å². The molecule has 0 atom stereocenters. The van der Waals surface area contributed by atoms with Crippen molar-refractivity contribution >= 4 is 17.4 Å². The van der Waals surface area contributed by atoms with Crippen molar-refractivity contribution in [2.45, 2.75) is 33.6 Å². The van der Waals surface area contributed by atoms with E-state index in [1.54, 1.807) is 4.90 Å². The van der Waals surface area contributed by atoms with Crippen LogP contribution in [0.15, 0.2) is 12.3 Å². The van der Waals surface area contributed by atoms with Crippen LogP contribution in [0.5, 0.6) is 0 Å². The van der Waals surface area contributed by atoms with Gasteiger partial charge in [0.15, 0.2) is 0 Å². The standard InChI is InChI=1S/C14H22N4O3/c1-4-7-8-17(6-3)14(19)12-9-11(18(20)21)10-16-13(12)15-5-2/h9-10H,4-8H2,1-3H3,(H,15,16). The molecule has 116 valence electrons. The number of carbonyl (C=O) groups is 1. The fourth-order valence-electron chi connectivity index (χ4n) is 1.95. The van der Waals surface area contributed by atoms with Gasteiger partial charge in [-0.3, -0.25) is 14.9 Å².